The summed E-state index contributed by atoms with van der Waals surface area (Å²) in [5, 5.41) is 7.45. The first-order chi connectivity index (χ1) is 13.4. The van der Waals surface area contributed by atoms with E-state index in [1.165, 1.54) is 5.56 Å². The van der Waals surface area contributed by atoms with Gasteiger partial charge in [0.2, 0.25) is 0 Å². The van der Waals surface area contributed by atoms with Crippen LogP contribution in [0.5, 0.6) is 5.75 Å². The van der Waals surface area contributed by atoms with Crippen LogP contribution >= 0.6 is 0 Å². The molecule has 2 aromatic carbocycles. The molecule has 1 amide bonds. The van der Waals surface area contributed by atoms with Gasteiger partial charge >= 0.3 is 0 Å². The molecule has 1 aromatic heterocycles. The second-order valence-electron chi connectivity index (χ2n) is 7.28. The zero-order valence-electron chi connectivity index (χ0n) is 16.9. The summed E-state index contributed by atoms with van der Waals surface area (Å²) in [7, 11) is 0. The largest absolute Gasteiger partial charge is 0.491 e. The molecule has 0 radical (unpaired) electrons. The Hall–Kier alpha value is -3.08. The van der Waals surface area contributed by atoms with Gasteiger partial charge in [-0.3, -0.25) is 9.48 Å². The lowest BCUT2D eigenvalue weighted by Gasteiger charge is -2.15. The van der Waals surface area contributed by atoms with Gasteiger partial charge < -0.3 is 10.1 Å². The van der Waals surface area contributed by atoms with Crippen LogP contribution in [0.25, 0.3) is 0 Å². The molecule has 0 aliphatic rings. The summed E-state index contributed by atoms with van der Waals surface area (Å²) in [5.74, 6) is 0.706. The summed E-state index contributed by atoms with van der Waals surface area (Å²) in [4.78, 5) is 12.5. The molecule has 0 bridgehead atoms. The molecular weight excluding hydrogens is 350 g/mol. The Morgan fingerprint density at radius 2 is 1.75 bits per heavy atom. The molecule has 1 heterocycles. The van der Waals surface area contributed by atoms with Gasteiger partial charge in [0.1, 0.15) is 12.4 Å². The summed E-state index contributed by atoms with van der Waals surface area (Å²) in [6.07, 6.45) is 0. The summed E-state index contributed by atoms with van der Waals surface area (Å²) in [6.45, 7) is 9.12. The number of amides is 1. The molecule has 0 spiro atoms. The van der Waals surface area contributed by atoms with Crippen molar-refractivity contribution in [3.8, 4) is 5.75 Å². The molecule has 0 aliphatic carbocycles. The number of rotatable bonds is 7. The maximum atomic E-state index is 12.5. The third-order valence-electron chi connectivity index (χ3n) is 4.55. The van der Waals surface area contributed by atoms with Crippen molar-refractivity contribution in [2.45, 2.75) is 40.3 Å². The van der Waals surface area contributed by atoms with Crippen molar-refractivity contribution in [1.29, 1.82) is 0 Å². The van der Waals surface area contributed by atoms with Crippen LogP contribution in [-0.4, -0.2) is 28.3 Å². The van der Waals surface area contributed by atoms with Gasteiger partial charge in [0, 0.05) is 11.3 Å². The second-order valence-corrected chi connectivity index (χ2v) is 7.28. The molecule has 3 aromatic rings. The summed E-state index contributed by atoms with van der Waals surface area (Å²) >= 11 is 0. The first-order valence-electron chi connectivity index (χ1n) is 9.51. The predicted molar refractivity (Wildman–Crippen MR) is 111 cm³/mol. The Balaban J connectivity index is 1.52. The normalized spacial score (nSPS) is 11.9. The highest BCUT2D eigenvalue weighted by molar-refractivity contribution is 5.94. The maximum Gasteiger partial charge on any atom is 0.251 e. The van der Waals surface area contributed by atoms with Crippen LogP contribution in [-0.2, 0) is 6.54 Å². The maximum absolute atomic E-state index is 12.5. The van der Waals surface area contributed by atoms with Crippen molar-refractivity contribution in [3.05, 3.63) is 82.7 Å². The number of hydrogen-bond donors (Lipinski definition) is 1. The highest BCUT2D eigenvalue weighted by atomic mass is 16.5. The van der Waals surface area contributed by atoms with Gasteiger partial charge in [-0.05, 0) is 63.6 Å². The molecule has 1 atom stereocenters. The Kier molecular flexibility index (Phi) is 6.14. The Morgan fingerprint density at radius 1 is 1.07 bits per heavy atom. The topological polar surface area (TPSA) is 56.1 Å². The van der Waals surface area contributed by atoms with Crippen LogP contribution in [0, 0.1) is 20.8 Å². The van der Waals surface area contributed by atoms with Crippen LogP contribution in [0.15, 0.2) is 54.6 Å². The van der Waals surface area contributed by atoms with Crippen molar-refractivity contribution >= 4 is 5.91 Å². The van der Waals surface area contributed by atoms with Gasteiger partial charge in [-0.15, -0.1) is 0 Å². The van der Waals surface area contributed by atoms with E-state index in [0.29, 0.717) is 18.7 Å². The number of hydrogen-bond acceptors (Lipinski definition) is 3. The second kappa shape index (κ2) is 8.74. The van der Waals surface area contributed by atoms with Gasteiger partial charge in [0.05, 0.1) is 18.3 Å². The van der Waals surface area contributed by atoms with Crippen LogP contribution in [0.4, 0.5) is 0 Å². The quantitative estimate of drug-likeness (QED) is 0.676. The number of benzene rings is 2. The number of nitrogens with one attached hydrogen (secondary N) is 1. The molecule has 5 heteroatoms. The van der Waals surface area contributed by atoms with Crippen LogP contribution in [0.2, 0.25) is 0 Å². The van der Waals surface area contributed by atoms with E-state index in [0.717, 1.165) is 22.7 Å². The monoisotopic (exact) mass is 377 g/mol. The van der Waals surface area contributed by atoms with Crippen LogP contribution in [0.1, 0.15) is 39.8 Å². The third-order valence-corrected chi connectivity index (χ3v) is 4.55. The lowest BCUT2D eigenvalue weighted by molar-refractivity contribution is 0.0926. The molecule has 0 aliphatic heterocycles. The SMILES string of the molecule is Cc1ccc(OCC(C)NC(=O)c2ccc(Cn3nc(C)cc3C)cc2)cc1. The Morgan fingerprint density at radius 3 is 2.36 bits per heavy atom. The molecule has 146 valence electrons. The summed E-state index contributed by atoms with van der Waals surface area (Å²) in [6, 6.07) is 17.5. The number of carbonyl (C=O) groups excluding carboxylic acids is 1. The molecule has 3 rings (SSSR count). The number of carbonyl (C=O) groups is 1. The average molecular weight is 377 g/mol. The van der Waals surface area contributed by atoms with E-state index in [2.05, 4.69) is 16.5 Å². The fourth-order valence-electron chi connectivity index (χ4n) is 2.97. The molecule has 0 saturated heterocycles. The lowest BCUT2D eigenvalue weighted by atomic mass is 10.1. The molecule has 28 heavy (non-hydrogen) atoms. The minimum Gasteiger partial charge on any atom is -0.491 e. The average Bonchev–Trinajstić information content (AvgIpc) is 2.98. The van der Waals surface area contributed by atoms with E-state index >= 15 is 0 Å². The van der Waals surface area contributed by atoms with E-state index in [1.54, 1.807) is 0 Å². The molecule has 0 fully saturated rings. The van der Waals surface area contributed by atoms with Crippen molar-refractivity contribution in [2.24, 2.45) is 0 Å². The minimum atomic E-state index is -0.0994. The zero-order valence-corrected chi connectivity index (χ0v) is 16.9. The standard InChI is InChI=1S/C23H27N3O2/c1-16-5-11-22(12-6-16)28-15-18(3)24-23(27)21-9-7-20(8-10-21)14-26-19(4)13-17(2)25-26/h5-13,18H,14-15H2,1-4H3,(H,24,27). The van der Waals surface area contributed by atoms with E-state index in [1.807, 2.05) is 80.9 Å². The van der Waals surface area contributed by atoms with Gasteiger partial charge in [-0.25, -0.2) is 0 Å². The lowest BCUT2D eigenvalue weighted by Crippen LogP contribution is -2.36. The first-order valence-corrected chi connectivity index (χ1v) is 9.51. The van der Waals surface area contributed by atoms with E-state index in [4.69, 9.17) is 4.74 Å². The summed E-state index contributed by atoms with van der Waals surface area (Å²) < 4.78 is 7.70. The van der Waals surface area contributed by atoms with Gasteiger partial charge in [0.15, 0.2) is 0 Å². The van der Waals surface area contributed by atoms with E-state index in [-0.39, 0.29) is 11.9 Å². The van der Waals surface area contributed by atoms with Gasteiger partial charge in [-0.2, -0.15) is 5.10 Å². The van der Waals surface area contributed by atoms with Crippen molar-refractivity contribution < 1.29 is 9.53 Å². The molecule has 5 nitrogen and oxygen atoms in total. The zero-order chi connectivity index (χ0) is 20.1. The molecule has 1 N–H and O–H groups in total. The Bertz CT molecular complexity index is 927. The molecule has 0 saturated carbocycles. The minimum absolute atomic E-state index is 0.0943. The highest BCUT2D eigenvalue weighted by Crippen LogP contribution is 2.12. The predicted octanol–water partition coefficient (Wildman–Crippen LogP) is 4.05. The van der Waals surface area contributed by atoms with E-state index < -0.39 is 0 Å². The molecular formula is C23H27N3O2. The first kappa shape index (κ1) is 19.7. The van der Waals surface area contributed by atoms with Crippen LogP contribution < -0.4 is 10.1 Å². The fourth-order valence-corrected chi connectivity index (χ4v) is 2.97. The van der Waals surface area contributed by atoms with Crippen molar-refractivity contribution in [2.75, 3.05) is 6.61 Å². The van der Waals surface area contributed by atoms with Crippen molar-refractivity contribution in [3.63, 3.8) is 0 Å². The molecule has 1 unspecified atom stereocenters. The highest BCUT2D eigenvalue weighted by Gasteiger charge is 2.11. The fraction of sp³-hybridized carbons (Fsp3) is 0.304. The van der Waals surface area contributed by atoms with E-state index in [9.17, 15) is 4.79 Å². The van der Waals surface area contributed by atoms with Gasteiger partial charge in [0.25, 0.3) is 5.91 Å². The summed E-state index contributed by atoms with van der Waals surface area (Å²) in [5.41, 5.74) is 5.07. The number of ether oxygens (including phenoxy) is 1. The van der Waals surface area contributed by atoms with Crippen molar-refractivity contribution in [1.82, 2.24) is 15.1 Å². The van der Waals surface area contributed by atoms with Crippen LogP contribution in [0.3, 0.4) is 0 Å². The number of nitrogens with zero attached hydrogens (tertiary/aromatic N) is 2. The number of aromatic nitrogens is 2. The number of aryl methyl sites for hydroxylation is 3. The Labute approximate surface area is 166 Å². The van der Waals surface area contributed by atoms with Gasteiger partial charge in [-0.1, -0.05) is 29.8 Å². The smallest absolute Gasteiger partial charge is 0.251 e. The third kappa shape index (κ3) is 5.22.